The first-order chi connectivity index (χ1) is 7.93. The summed E-state index contributed by atoms with van der Waals surface area (Å²) < 4.78 is 11.5. The lowest BCUT2D eigenvalue weighted by atomic mass is 10.1. The zero-order valence-electron chi connectivity index (χ0n) is 11.2. The van der Waals surface area contributed by atoms with Crippen LogP contribution in [0.25, 0.3) is 0 Å². The van der Waals surface area contributed by atoms with Crippen molar-refractivity contribution in [3.05, 3.63) is 42.5 Å². The number of allylic oxidation sites excluding steroid dienone is 1. The van der Waals surface area contributed by atoms with Gasteiger partial charge in [0.2, 0.25) is 5.79 Å². The molecule has 0 saturated carbocycles. The summed E-state index contributed by atoms with van der Waals surface area (Å²) in [5, 5.41) is 0. The van der Waals surface area contributed by atoms with Gasteiger partial charge in [-0.15, -0.1) is 6.58 Å². The first-order valence-electron chi connectivity index (χ1n) is 5.99. The Morgan fingerprint density at radius 1 is 1.35 bits per heavy atom. The minimum atomic E-state index is -0.610. The van der Waals surface area contributed by atoms with Gasteiger partial charge >= 0.3 is 0 Å². The van der Waals surface area contributed by atoms with Crippen LogP contribution in [0.3, 0.4) is 0 Å². The molecule has 0 unspecified atom stereocenters. The van der Waals surface area contributed by atoms with Crippen LogP contribution in [0.5, 0.6) is 5.75 Å². The van der Waals surface area contributed by atoms with E-state index in [0.29, 0.717) is 0 Å². The second-order valence-electron chi connectivity index (χ2n) is 4.81. The van der Waals surface area contributed by atoms with Gasteiger partial charge in [0.1, 0.15) is 5.75 Å². The molecule has 0 fully saturated rings. The van der Waals surface area contributed by atoms with E-state index in [1.54, 1.807) is 0 Å². The lowest BCUT2D eigenvalue weighted by Gasteiger charge is -2.28. The molecular formula is C15H22O2. The molecule has 0 aromatic heterocycles. The Hall–Kier alpha value is -1.28. The van der Waals surface area contributed by atoms with E-state index in [-0.39, 0.29) is 6.10 Å². The number of hydrogen-bond donors (Lipinski definition) is 0. The fourth-order valence-electron chi connectivity index (χ4n) is 1.78. The van der Waals surface area contributed by atoms with Crippen molar-refractivity contribution in [2.45, 2.75) is 46.0 Å². The van der Waals surface area contributed by atoms with Crippen LogP contribution in [0.2, 0.25) is 0 Å². The summed E-state index contributed by atoms with van der Waals surface area (Å²) in [6, 6.07) is 8.01. The number of ether oxygens (including phenoxy) is 2. The smallest absolute Gasteiger partial charge is 0.205 e. The standard InChI is InChI=1S/C15H22O2/c1-6-8-13-9-7-10-14(11-13)17-15(4,5)16-12(2)3/h6-7,9-12H,1,8H2,2-5H3. The van der Waals surface area contributed by atoms with Crippen LogP contribution in [0.1, 0.15) is 33.3 Å². The maximum atomic E-state index is 5.84. The number of rotatable bonds is 6. The third kappa shape index (κ3) is 5.05. The van der Waals surface area contributed by atoms with E-state index in [2.05, 4.69) is 12.6 Å². The zero-order chi connectivity index (χ0) is 12.9. The van der Waals surface area contributed by atoms with Gasteiger partial charge in [0.25, 0.3) is 0 Å². The summed E-state index contributed by atoms with van der Waals surface area (Å²) in [5.74, 6) is 0.219. The van der Waals surface area contributed by atoms with Crippen molar-refractivity contribution < 1.29 is 9.47 Å². The molecule has 0 aliphatic carbocycles. The molecule has 0 N–H and O–H groups in total. The summed E-state index contributed by atoms with van der Waals surface area (Å²) in [4.78, 5) is 0. The van der Waals surface area contributed by atoms with Crippen LogP contribution >= 0.6 is 0 Å². The Morgan fingerprint density at radius 2 is 2.06 bits per heavy atom. The summed E-state index contributed by atoms with van der Waals surface area (Å²) in [6.07, 6.45) is 2.87. The van der Waals surface area contributed by atoms with Gasteiger partial charge in [-0.3, -0.25) is 0 Å². The van der Waals surface area contributed by atoms with Crippen molar-refractivity contribution in [1.29, 1.82) is 0 Å². The van der Waals surface area contributed by atoms with Crippen molar-refractivity contribution >= 4 is 0 Å². The molecule has 0 aliphatic rings. The number of hydrogen-bond acceptors (Lipinski definition) is 2. The van der Waals surface area contributed by atoms with Crippen molar-refractivity contribution in [1.82, 2.24) is 0 Å². The van der Waals surface area contributed by atoms with Crippen LogP contribution in [-0.4, -0.2) is 11.9 Å². The molecular weight excluding hydrogens is 212 g/mol. The Bertz CT molecular complexity index is 367. The summed E-state index contributed by atoms with van der Waals surface area (Å²) in [7, 11) is 0. The van der Waals surface area contributed by atoms with Crippen molar-refractivity contribution in [3.8, 4) is 5.75 Å². The minimum absolute atomic E-state index is 0.140. The molecule has 1 aromatic carbocycles. The monoisotopic (exact) mass is 234 g/mol. The van der Waals surface area contributed by atoms with E-state index in [1.165, 1.54) is 5.56 Å². The third-order valence-corrected chi connectivity index (χ3v) is 2.16. The van der Waals surface area contributed by atoms with Gasteiger partial charge in [-0.25, -0.2) is 0 Å². The second kappa shape index (κ2) is 5.87. The van der Waals surface area contributed by atoms with Gasteiger partial charge in [-0.2, -0.15) is 0 Å². The molecule has 0 bridgehead atoms. The van der Waals surface area contributed by atoms with Crippen LogP contribution in [0.4, 0.5) is 0 Å². The fraction of sp³-hybridized carbons (Fsp3) is 0.467. The molecule has 0 amide bonds. The SMILES string of the molecule is C=CCc1cccc(OC(C)(C)OC(C)C)c1. The van der Waals surface area contributed by atoms with Gasteiger partial charge < -0.3 is 9.47 Å². The van der Waals surface area contributed by atoms with E-state index in [4.69, 9.17) is 9.47 Å². The Morgan fingerprint density at radius 3 is 2.65 bits per heavy atom. The topological polar surface area (TPSA) is 18.5 Å². The second-order valence-corrected chi connectivity index (χ2v) is 4.81. The largest absolute Gasteiger partial charge is 0.463 e. The quantitative estimate of drug-likeness (QED) is 0.548. The molecule has 2 heteroatoms. The highest BCUT2D eigenvalue weighted by molar-refractivity contribution is 5.29. The number of benzene rings is 1. The molecule has 1 rings (SSSR count). The third-order valence-electron chi connectivity index (χ3n) is 2.16. The normalized spacial score (nSPS) is 11.6. The first-order valence-corrected chi connectivity index (χ1v) is 5.99. The maximum absolute atomic E-state index is 5.84. The molecule has 0 heterocycles. The van der Waals surface area contributed by atoms with Gasteiger partial charge in [0, 0.05) is 13.8 Å². The van der Waals surface area contributed by atoms with Gasteiger partial charge in [0.05, 0.1) is 6.10 Å². The lowest BCUT2D eigenvalue weighted by Crippen LogP contribution is -2.34. The highest BCUT2D eigenvalue weighted by atomic mass is 16.7. The average Bonchev–Trinajstić information content (AvgIpc) is 2.15. The molecule has 0 saturated heterocycles. The summed E-state index contributed by atoms with van der Waals surface area (Å²) in [5.41, 5.74) is 1.19. The minimum Gasteiger partial charge on any atom is -0.463 e. The first kappa shape index (κ1) is 13.8. The molecule has 1 aromatic rings. The van der Waals surface area contributed by atoms with Crippen molar-refractivity contribution in [3.63, 3.8) is 0 Å². The van der Waals surface area contributed by atoms with E-state index >= 15 is 0 Å². The van der Waals surface area contributed by atoms with Crippen molar-refractivity contribution in [2.24, 2.45) is 0 Å². The van der Waals surface area contributed by atoms with Crippen LogP contribution in [-0.2, 0) is 11.2 Å². The van der Waals surface area contributed by atoms with E-state index in [0.717, 1.165) is 12.2 Å². The van der Waals surface area contributed by atoms with Gasteiger partial charge in [-0.05, 0) is 38.0 Å². The summed E-state index contributed by atoms with van der Waals surface area (Å²) in [6.45, 7) is 11.6. The Kier molecular flexibility index (Phi) is 4.76. The fourth-order valence-corrected chi connectivity index (χ4v) is 1.78. The molecule has 17 heavy (non-hydrogen) atoms. The van der Waals surface area contributed by atoms with E-state index in [1.807, 2.05) is 52.0 Å². The molecule has 94 valence electrons. The van der Waals surface area contributed by atoms with Crippen LogP contribution < -0.4 is 4.74 Å². The predicted octanol–water partition coefficient (Wildman–Crippen LogP) is 3.96. The van der Waals surface area contributed by atoms with Gasteiger partial charge in [-0.1, -0.05) is 18.2 Å². The Labute approximate surface area is 104 Å². The molecule has 0 aliphatic heterocycles. The maximum Gasteiger partial charge on any atom is 0.205 e. The molecule has 0 radical (unpaired) electrons. The zero-order valence-corrected chi connectivity index (χ0v) is 11.2. The van der Waals surface area contributed by atoms with Gasteiger partial charge in [0.15, 0.2) is 0 Å². The van der Waals surface area contributed by atoms with E-state index < -0.39 is 5.79 Å². The lowest BCUT2D eigenvalue weighted by molar-refractivity contribution is -0.178. The van der Waals surface area contributed by atoms with E-state index in [9.17, 15) is 0 Å². The average molecular weight is 234 g/mol. The molecule has 2 nitrogen and oxygen atoms in total. The van der Waals surface area contributed by atoms with Crippen molar-refractivity contribution in [2.75, 3.05) is 0 Å². The molecule has 0 spiro atoms. The highest BCUT2D eigenvalue weighted by Crippen LogP contribution is 2.22. The summed E-state index contributed by atoms with van der Waals surface area (Å²) >= 11 is 0. The highest BCUT2D eigenvalue weighted by Gasteiger charge is 2.21. The predicted molar refractivity (Wildman–Crippen MR) is 71.3 cm³/mol. The Balaban J connectivity index is 2.73. The molecule has 0 atom stereocenters. The van der Waals surface area contributed by atoms with Crippen LogP contribution in [0.15, 0.2) is 36.9 Å². The van der Waals surface area contributed by atoms with Crippen LogP contribution in [0, 0.1) is 0 Å².